The van der Waals surface area contributed by atoms with Gasteiger partial charge in [-0.1, -0.05) is 0 Å². The van der Waals surface area contributed by atoms with Gasteiger partial charge in [0.2, 0.25) is 11.8 Å². The molecule has 0 aromatic heterocycles. The van der Waals surface area contributed by atoms with Crippen LogP contribution in [0.4, 0.5) is 13.2 Å². The molecule has 0 aromatic carbocycles. The van der Waals surface area contributed by atoms with Crippen molar-refractivity contribution in [1.29, 1.82) is 0 Å². The molecule has 140 valence electrons. The molecule has 0 radical (unpaired) electrons. The van der Waals surface area contributed by atoms with Gasteiger partial charge in [-0.25, -0.2) is 0 Å². The van der Waals surface area contributed by atoms with E-state index in [1.54, 1.807) is 4.90 Å². The molecule has 5 rings (SSSR count). The van der Waals surface area contributed by atoms with E-state index < -0.39 is 35.6 Å². The lowest BCUT2D eigenvalue weighted by Crippen LogP contribution is -2.65. The lowest BCUT2D eigenvalue weighted by Gasteiger charge is -2.50. The first kappa shape index (κ1) is 17.1. The Morgan fingerprint density at radius 2 is 1.96 bits per heavy atom. The molecule has 0 aromatic rings. The zero-order valence-corrected chi connectivity index (χ0v) is 13.9. The van der Waals surface area contributed by atoms with Gasteiger partial charge in [0.05, 0.1) is 24.2 Å². The maximum atomic E-state index is 13.1. The smallest absolute Gasteiger partial charge is 0.375 e. The quantitative estimate of drug-likeness (QED) is 0.813. The van der Waals surface area contributed by atoms with E-state index in [0.717, 1.165) is 0 Å². The van der Waals surface area contributed by atoms with Crippen LogP contribution in [0.2, 0.25) is 0 Å². The molecule has 4 heterocycles. The third-order valence-corrected chi connectivity index (χ3v) is 5.95. The Balaban J connectivity index is 1.38. The Kier molecular flexibility index (Phi) is 3.48. The summed E-state index contributed by atoms with van der Waals surface area (Å²) < 4.78 is 48.2. The van der Waals surface area contributed by atoms with E-state index in [2.05, 4.69) is 5.32 Å². The van der Waals surface area contributed by atoms with Crippen molar-refractivity contribution in [3.8, 4) is 0 Å². The Morgan fingerprint density at radius 1 is 1.28 bits per heavy atom. The molecule has 1 unspecified atom stereocenters. The van der Waals surface area contributed by atoms with Crippen molar-refractivity contribution in [2.45, 2.75) is 56.0 Å². The van der Waals surface area contributed by atoms with E-state index in [1.807, 2.05) is 6.92 Å². The van der Waals surface area contributed by atoms with Gasteiger partial charge in [0, 0.05) is 19.1 Å². The first-order valence-corrected chi connectivity index (χ1v) is 8.50. The molecule has 5 aliphatic rings. The molecule has 4 saturated heterocycles. The van der Waals surface area contributed by atoms with Crippen molar-refractivity contribution in [1.82, 2.24) is 10.2 Å². The van der Waals surface area contributed by atoms with Gasteiger partial charge in [0.25, 0.3) is 0 Å². The molecule has 2 amide bonds. The molecule has 1 spiro atoms. The number of amides is 2. The number of carbonyl (C=O) groups excluding carboxylic acids is 2. The summed E-state index contributed by atoms with van der Waals surface area (Å²) in [6.45, 7) is 3.50. The Labute approximate surface area is 143 Å². The summed E-state index contributed by atoms with van der Waals surface area (Å²) in [5.74, 6) is -1.06. The topological polar surface area (TPSA) is 67.9 Å². The monoisotopic (exact) mass is 362 g/mol. The number of likely N-dealkylation sites (tertiary alicyclic amines) is 1. The summed E-state index contributed by atoms with van der Waals surface area (Å²) in [6.07, 6.45) is -4.24. The van der Waals surface area contributed by atoms with Crippen LogP contribution in [0.1, 0.15) is 32.6 Å². The average Bonchev–Trinajstić information content (AvgIpc) is 3.02. The average molecular weight is 362 g/mol. The van der Waals surface area contributed by atoms with Crippen molar-refractivity contribution in [2.24, 2.45) is 5.41 Å². The SMILES string of the molecule is CC12CC(C(=O)N3CCC(NC(=O)CC(F)(F)F)C3)(C1)C1(COC1)O2. The number of halogens is 3. The highest BCUT2D eigenvalue weighted by atomic mass is 19.4. The fraction of sp³-hybridized carbons (Fsp3) is 0.875. The minimum atomic E-state index is -4.52. The Bertz CT molecular complexity index is 611. The van der Waals surface area contributed by atoms with Crippen LogP contribution in [0.15, 0.2) is 0 Å². The standard InChI is InChI=1S/C16H21F3N2O4/c1-13-6-14(7-13,15(25-13)8-24-9-15)12(23)21-3-2-10(5-21)20-11(22)4-16(17,18)19/h10H,2-9H2,1H3,(H,20,22). The zero-order chi connectivity index (χ0) is 18.1. The number of hydrogen-bond acceptors (Lipinski definition) is 4. The van der Waals surface area contributed by atoms with Crippen molar-refractivity contribution >= 4 is 11.8 Å². The molecule has 2 bridgehead atoms. The first-order valence-electron chi connectivity index (χ1n) is 8.50. The van der Waals surface area contributed by atoms with Gasteiger partial charge in [-0.2, -0.15) is 13.2 Å². The summed E-state index contributed by atoms with van der Waals surface area (Å²) >= 11 is 0. The van der Waals surface area contributed by atoms with Crippen LogP contribution in [0.25, 0.3) is 0 Å². The second kappa shape index (κ2) is 5.09. The number of hydrogen-bond donors (Lipinski definition) is 1. The van der Waals surface area contributed by atoms with Crippen LogP contribution in [-0.4, -0.2) is 66.4 Å². The summed E-state index contributed by atoms with van der Waals surface area (Å²) in [6, 6.07) is -0.433. The minimum Gasteiger partial charge on any atom is -0.375 e. The molecular weight excluding hydrogens is 341 g/mol. The van der Waals surface area contributed by atoms with Crippen LogP contribution < -0.4 is 5.32 Å². The summed E-state index contributed by atoms with van der Waals surface area (Å²) in [7, 11) is 0. The predicted octanol–water partition coefficient (Wildman–Crippen LogP) is 0.994. The van der Waals surface area contributed by atoms with Crippen LogP contribution in [0.3, 0.4) is 0 Å². The van der Waals surface area contributed by atoms with Crippen LogP contribution in [0, 0.1) is 5.41 Å². The molecule has 1 aliphatic carbocycles. The maximum absolute atomic E-state index is 13.1. The van der Waals surface area contributed by atoms with Crippen LogP contribution in [0.5, 0.6) is 0 Å². The van der Waals surface area contributed by atoms with E-state index in [0.29, 0.717) is 39.0 Å². The number of ether oxygens (including phenoxy) is 2. The molecule has 4 aliphatic heterocycles. The van der Waals surface area contributed by atoms with Crippen molar-refractivity contribution in [3.63, 3.8) is 0 Å². The Morgan fingerprint density at radius 3 is 2.52 bits per heavy atom. The van der Waals surface area contributed by atoms with E-state index in [4.69, 9.17) is 9.47 Å². The van der Waals surface area contributed by atoms with Crippen molar-refractivity contribution in [3.05, 3.63) is 0 Å². The van der Waals surface area contributed by atoms with Gasteiger partial charge in [0.15, 0.2) is 0 Å². The lowest BCUT2D eigenvalue weighted by molar-refractivity contribution is -0.216. The molecule has 25 heavy (non-hydrogen) atoms. The number of carbonyl (C=O) groups is 2. The van der Waals surface area contributed by atoms with E-state index >= 15 is 0 Å². The normalized spacial score (nSPS) is 38.4. The summed E-state index contributed by atoms with van der Waals surface area (Å²) in [4.78, 5) is 26.2. The predicted molar refractivity (Wildman–Crippen MR) is 78.5 cm³/mol. The fourth-order valence-corrected chi connectivity index (χ4v) is 4.98. The van der Waals surface area contributed by atoms with Crippen molar-refractivity contribution < 1.29 is 32.2 Å². The maximum Gasteiger partial charge on any atom is 0.397 e. The molecule has 1 N–H and O–H groups in total. The van der Waals surface area contributed by atoms with E-state index in [-0.39, 0.29) is 18.1 Å². The highest BCUT2D eigenvalue weighted by Crippen LogP contribution is 2.69. The second-order valence-electron chi connectivity index (χ2n) is 8.07. The van der Waals surface area contributed by atoms with Gasteiger partial charge in [0.1, 0.15) is 12.0 Å². The molecule has 1 atom stereocenters. The zero-order valence-electron chi connectivity index (χ0n) is 13.9. The number of alkyl halides is 3. The third-order valence-electron chi connectivity index (χ3n) is 5.95. The van der Waals surface area contributed by atoms with Gasteiger partial charge < -0.3 is 19.7 Å². The Hall–Kier alpha value is -1.35. The highest BCUT2D eigenvalue weighted by Gasteiger charge is 2.79. The van der Waals surface area contributed by atoms with E-state index in [1.165, 1.54) is 0 Å². The van der Waals surface area contributed by atoms with Gasteiger partial charge in [-0.3, -0.25) is 9.59 Å². The fourth-order valence-electron chi connectivity index (χ4n) is 4.98. The van der Waals surface area contributed by atoms with Gasteiger partial charge in [-0.15, -0.1) is 0 Å². The van der Waals surface area contributed by atoms with Gasteiger partial charge >= 0.3 is 6.18 Å². The minimum absolute atomic E-state index is 0.0154. The largest absolute Gasteiger partial charge is 0.397 e. The summed E-state index contributed by atoms with van der Waals surface area (Å²) in [5.41, 5.74) is -1.40. The molecule has 6 nitrogen and oxygen atoms in total. The first-order chi connectivity index (χ1) is 11.6. The third kappa shape index (κ3) is 2.54. The number of rotatable bonds is 3. The molecule has 9 heteroatoms. The van der Waals surface area contributed by atoms with E-state index in [9.17, 15) is 22.8 Å². The van der Waals surface area contributed by atoms with Crippen molar-refractivity contribution in [2.75, 3.05) is 26.3 Å². The lowest BCUT2D eigenvalue weighted by atomic mass is 9.55. The highest BCUT2D eigenvalue weighted by molar-refractivity contribution is 5.87. The number of nitrogens with one attached hydrogen (secondary N) is 1. The molecule has 1 saturated carbocycles. The number of nitrogens with zero attached hydrogens (tertiary/aromatic N) is 1. The second-order valence-corrected chi connectivity index (χ2v) is 8.07. The molecular formula is C16H21F3N2O4. The summed E-state index contributed by atoms with van der Waals surface area (Å²) in [5, 5.41) is 2.38. The van der Waals surface area contributed by atoms with Gasteiger partial charge in [-0.05, 0) is 26.2 Å². The van der Waals surface area contributed by atoms with Crippen LogP contribution in [-0.2, 0) is 19.1 Å². The van der Waals surface area contributed by atoms with Crippen LogP contribution >= 0.6 is 0 Å². The molecule has 5 fully saturated rings.